The van der Waals surface area contributed by atoms with Crippen LogP contribution >= 0.6 is 0 Å². The van der Waals surface area contributed by atoms with Crippen molar-refractivity contribution in [2.75, 3.05) is 6.54 Å². The second-order valence-corrected chi connectivity index (χ2v) is 5.15. The van der Waals surface area contributed by atoms with E-state index in [1.54, 1.807) is 13.0 Å². The van der Waals surface area contributed by atoms with Gasteiger partial charge in [0.05, 0.1) is 0 Å². The fraction of sp³-hybridized carbons (Fsp3) is 0.533. The van der Waals surface area contributed by atoms with Crippen molar-refractivity contribution in [1.29, 1.82) is 0 Å². The quantitative estimate of drug-likeness (QED) is 0.870. The zero-order valence-corrected chi connectivity index (χ0v) is 10.8. The molecule has 0 heterocycles. The van der Waals surface area contributed by atoms with Crippen LogP contribution in [0.1, 0.15) is 48.0 Å². The number of nitrogens with one attached hydrogen (secondary N) is 1. The number of hydrogen-bond acceptors (Lipinski definition) is 1. The Balaban J connectivity index is 1.83. The van der Waals surface area contributed by atoms with Gasteiger partial charge in [0.2, 0.25) is 0 Å². The van der Waals surface area contributed by atoms with Crippen LogP contribution in [0.25, 0.3) is 0 Å². The molecule has 0 atom stereocenters. The Labute approximate surface area is 108 Å². The number of rotatable bonds is 4. The Kier molecular flexibility index (Phi) is 4.34. The molecule has 0 spiro atoms. The first-order valence-corrected chi connectivity index (χ1v) is 6.71. The van der Waals surface area contributed by atoms with E-state index in [4.69, 9.17) is 0 Å². The molecular formula is C15H20FNO. The van der Waals surface area contributed by atoms with Crippen molar-refractivity contribution in [1.82, 2.24) is 5.32 Å². The lowest BCUT2D eigenvalue weighted by molar-refractivity contribution is 0.0951. The third kappa shape index (κ3) is 3.31. The summed E-state index contributed by atoms with van der Waals surface area (Å²) in [5.74, 6) is 0.389. The van der Waals surface area contributed by atoms with E-state index in [2.05, 4.69) is 5.32 Å². The third-order valence-electron chi connectivity index (χ3n) is 3.75. The molecule has 0 radical (unpaired) electrons. The van der Waals surface area contributed by atoms with E-state index in [1.807, 2.05) is 0 Å². The van der Waals surface area contributed by atoms with Gasteiger partial charge in [-0.15, -0.1) is 0 Å². The molecule has 1 amide bonds. The topological polar surface area (TPSA) is 29.1 Å². The van der Waals surface area contributed by atoms with Crippen LogP contribution in [0, 0.1) is 18.7 Å². The van der Waals surface area contributed by atoms with E-state index in [1.165, 1.54) is 37.8 Å². The highest BCUT2D eigenvalue weighted by molar-refractivity contribution is 5.95. The van der Waals surface area contributed by atoms with E-state index in [-0.39, 0.29) is 11.7 Å². The molecule has 2 nitrogen and oxygen atoms in total. The molecule has 1 aromatic rings. The number of aryl methyl sites for hydroxylation is 1. The van der Waals surface area contributed by atoms with Gasteiger partial charge in [0, 0.05) is 12.1 Å². The molecule has 1 aromatic carbocycles. The summed E-state index contributed by atoms with van der Waals surface area (Å²) in [6.45, 7) is 2.48. The van der Waals surface area contributed by atoms with Crippen LogP contribution in [-0.2, 0) is 0 Å². The molecule has 0 saturated heterocycles. The van der Waals surface area contributed by atoms with Crippen LogP contribution in [0.15, 0.2) is 18.2 Å². The van der Waals surface area contributed by atoms with Crippen LogP contribution in [0.5, 0.6) is 0 Å². The van der Waals surface area contributed by atoms with Crippen molar-refractivity contribution >= 4 is 5.91 Å². The first-order valence-electron chi connectivity index (χ1n) is 6.71. The molecule has 0 bridgehead atoms. The van der Waals surface area contributed by atoms with Gasteiger partial charge in [-0.1, -0.05) is 25.7 Å². The van der Waals surface area contributed by atoms with Crippen LogP contribution in [0.4, 0.5) is 4.39 Å². The van der Waals surface area contributed by atoms with Crippen molar-refractivity contribution in [3.05, 3.63) is 35.1 Å². The minimum atomic E-state index is -0.296. The molecule has 0 unspecified atom stereocenters. The predicted octanol–water partition coefficient (Wildman–Crippen LogP) is 3.44. The first-order chi connectivity index (χ1) is 8.66. The van der Waals surface area contributed by atoms with Gasteiger partial charge in [0.15, 0.2) is 0 Å². The maximum atomic E-state index is 12.9. The molecule has 1 aliphatic carbocycles. The highest BCUT2D eigenvalue weighted by atomic mass is 19.1. The number of amides is 1. The molecule has 0 aromatic heterocycles. The molecule has 1 saturated carbocycles. The number of halogens is 1. The monoisotopic (exact) mass is 249 g/mol. The van der Waals surface area contributed by atoms with Crippen LogP contribution in [0.2, 0.25) is 0 Å². The van der Waals surface area contributed by atoms with Crippen molar-refractivity contribution in [2.24, 2.45) is 5.92 Å². The standard InChI is InChI=1S/C15H20FNO/c1-11-10-13(16)6-7-14(11)15(18)17-9-8-12-4-2-3-5-12/h6-7,10,12H,2-5,8-9H2,1H3,(H,17,18). The summed E-state index contributed by atoms with van der Waals surface area (Å²) >= 11 is 0. The van der Waals surface area contributed by atoms with Gasteiger partial charge in [-0.3, -0.25) is 4.79 Å². The fourth-order valence-electron chi connectivity index (χ4n) is 2.67. The molecule has 3 heteroatoms. The second-order valence-electron chi connectivity index (χ2n) is 5.15. The summed E-state index contributed by atoms with van der Waals surface area (Å²) in [6, 6.07) is 4.28. The highest BCUT2D eigenvalue weighted by Gasteiger charge is 2.15. The Morgan fingerprint density at radius 3 is 2.78 bits per heavy atom. The molecule has 1 fully saturated rings. The third-order valence-corrected chi connectivity index (χ3v) is 3.75. The van der Waals surface area contributed by atoms with Crippen molar-refractivity contribution in [3.8, 4) is 0 Å². The predicted molar refractivity (Wildman–Crippen MR) is 70.0 cm³/mol. The van der Waals surface area contributed by atoms with E-state index in [9.17, 15) is 9.18 Å². The smallest absolute Gasteiger partial charge is 0.251 e. The minimum Gasteiger partial charge on any atom is -0.352 e. The largest absolute Gasteiger partial charge is 0.352 e. The Hall–Kier alpha value is -1.38. The van der Waals surface area contributed by atoms with E-state index in [0.29, 0.717) is 11.1 Å². The van der Waals surface area contributed by atoms with Crippen LogP contribution in [0.3, 0.4) is 0 Å². The van der Waals surface area contributed by atoms with Crippen LogP contribution < -0.4 is 5.32 Å². The molecule has 2 rings (SSSR count). The van der Waals surface area contributed by atoms with Gasteiger partial charge < -0.3 is 5.32 Å². The second kappa shape index (κ2) is 5.98. The lowest BCUT2D eigenvalue weighted by Crippen LogP contribution is -2.26. The van der Waals surface area contributed by atoms with E-state index < -0.39 is 0 Å². The van der Waals surface area contributed by atoms with Gasteiger partial charge in [0.25, 0.3) is 5.91 Å². The van der Waals surface area contributed by atoms with Crippen molar-refractivity contribution < 1.29 is 9.18 Å². The van der Waals surface area contributed by atoms with Crippen molar-refractivity contribution in [3.63, 3.8) is 0 Å². The van der Waals surface area contributed by atoms with Gasteiger partial charge in [-0.25, -0.2) is 4.39 Å². The van der Waals surface area contributed by atoms with Crippen LogP contribution in [-0.4, -0.2) is 12.5 Å². The molecular weight excluding hydrogens is 229 g/mol. The Morgan fingerprint density at radius 1 is 1.39 bits per heavy atom. The SMILES string of the molecule is Cc1cc(F)ccc1C(=O)NCCC1CCCC1. The van der Waals surface area contributed by atoms with E-state index >= 15 is 0 Å². The number of carbonyl (C=O) groups excluding carboxylic acids is 1. The molecule has 1 N–H and O–H groups in total. The average Bonchev–Trinajstić information content (AvgIpc) is 2.81. The van der Waals surface area contributed by atoms with E-state index in [0.717, 1.165) is 18.9 Å². The lowest BCUT2D eigenvalue weighted by atomic mass is 10.0. The highest BCUT2D eigenvalue weighted by Crippen LogP contribution is 2.26. The lowest BCUT2D eigenvalue weighted by Gasteiger charge is -2.11. The normalized spacial score (nSPS) is 15.9. The zero-order chi connectivity index (χ0) is 13.0. The first kappa shape index (κ1) is 13.1. The number of carbonyl (C=O) groups is 1. The summed E-state index contributed by atoms with van der Waals surface area (Å²) in [7, 11) is 0. The molecule has 98 valence electrons. The summed E-state index contributed by atoms with van der Waals surface area (Å²) in [5.41, 5.74) is 1.26. The summed E-state index contributed by atoms with van der Waals surface area (Å²) in [6.07, 6.45) is 6.31. The van der Waals surface area contributed by atoms with Gasteiger partial charge in [0.1, 0.15) is 5.82 Å². The number of benzene rings is 1. The maximum absolute atomic E-state index is 12.9. The molecule has 1 aliphatic rings. The van der Waals surface area contributed by atoms with Gasteiger partial charge >= 0.3 is 0 Å². The zero-order valence-electron chi connectivity index (χ0n) is 10.8. The molecule has 0 aliphatic heterocycles. The average molecular weight is 249 g/mol. The molecule has 18 heavy (non-hydrogen) atoms. The maximum Gasteiger partial charge on any atom is 0.251 e. The number of hydrogen-bond donors (Lipinski definition) is 1. The van der Waals surface area contributed by atoms with Gasteiger partial charge in [-0.2, -0.15) is 0 Å². The van der Waals surface area contributed by atoms with Crippen molar-refractivity contribution in [2.45, 2.75) is 39.0 Å². The van der Waals surface area contributed by atoms with Gasteiger partial charge in [-0.05, 0) is 43.0 Å². The summed E-state index contributed by atoms with van der Waals surface area (Å²) in [5, 5.41) is 2.92. The Morgan fingerprint density at radius 2 is 2.11 bits per heavy atom. The minimum absolute atomic E-state index is 0.0921. The Bertz CT molecular complexity index is 425. The summed E-state index contributed by atoms with van der Waals surface area (Å²) in [4.78, 5) is 11.9. The fourth-order valence-corrected chi connectivity index (χ4v) is 2.67. The summed E-state index contributed by atoms with van der Waals surface area (Å²) < 4.78 is 12.9.